The fraction of sp³-hybridized carbons (Fsp3) is 0.667. The van der Waals surface area contributed by atoms with Crippen LogP contribution in [0.3, 0.4) is 0 Å². The molecule has 0 nitrogen and oxygen atoms in total. The van der Waals surface area contributed by atoms with Crippen molar-refractivity contribution in [2.45, 2.75) is 70.1 Å². The normalized spacial score (nSPS) is 23.5. The van der Waals surface area contributed by atoms with Crippen LogP contribution in [0, 0.1) is 5.92 Å². The van der Waals surface area contributed by atoms with Gasteiger partial charge in [-0.2, -0.15) is 0 Å². The Kier molecular flexibility index (Phi) is 6.23. The molecule has 0 heterocycles. The molecule has 0 radical (unpaired) electrons. The first-order chi connectivity index (χ1) is 9.33. The fourth-order valence-electron chi connectivity index (χ4n) is 3.35. The highest BCUT2D eigenvalue weighted by atomic mass is 35.5. The number of halogens is 1. The molecule has 0 aromatic heterocycles. The minimum atomic E-state index is 0.629. The van der Waals surface area contributed by atoms with Crippen molar-refractivity contribution in [2.75, 3.05) is 0 Å². The van der Waals surface area contributed by atoms with Crippen molar-refractivity contribution in [3.8, 4) is 0 Å². The predicted molar refractivity (Wildman–Crippen MR) is 84.8 cm³/mol. The van der Waals surface area contributed by atoms with Crippen LogP contribution in [0.15, 0.2) is 24.3 Å². The number of benzene rings is 1. The molecular formula is C18H27Cl. The van der Waals surface area contributed by atoms with Crippen molar-refractivity contribution in [2.24, 2.45) is 5.92 Å². The molecule has 0 amide bonds. The number of unbranched alkanes of at least 4 members (excludes halogenated alkanes) is 2. The van der Waals surface area contributed by atoms with E-state index in [0.29, 0.717) is 5.88 Å². The molecule has 0 atom stereocenters. The Hall–Kier alpha value is -0.490. The van der Waals surface area contributed by atoms with Gasteiger partial charge in [0.15, 0.2) is 0 Å². The van der Waals surface area contributed by atoms with Gasteiger partial charge in [0, 0.05) is 5.88 Å². The molecule has 1 saturated carbocycles. The molecule has 106 valence electrons. The molecule has 1 aromatic rings. The summed E-state index contributed by atoms with van der Waals surface area (Å²) in [5, 5.41) is 0. The third-order valence-electron chi connectivity index (χ3n) is 4.67. The Morgan fingerprint density at radius 3 is 2.26 bits per heavy atom. The van der Waals surface area contributed by atoms with E-state index in [9.17, 15) is 0 Å². The summed E-state index contributed by atoms with van der Waals surface area (Å²) < 4.78 is 0. The highest BCUT2D eigenvalue weighted by molar-refractivity contribution is 6.17. The van der Waals surface area contributed by atoms with Crippen molar-refractivity contribution in [1.29, 1.82) is 0 Å². The van der Waals surface area contributed by atoms with Gasteiger partial charge in [-0.1, -0.05) is 56.9 Å². The van der Waals surface area contributed by atoms with Crippen molar-refractivity contribution < 1.29 is 0 Å². The van der Waals surface area contributed by atoms with Crippen LogP contribution in [0.25, 0.3) is 0 Å². The van der Waals surface area contributed by atoms with Crippen molar-refractivity contribution >= 4 is 11.6 Å². The van der Waals surface area contributed by atoms with E-state index in [1.165, 1.54) is 62.5 Å². The Morgan fingerprint density at radius 1 is 1.00 bits per heavy atom. The SMILES string of the molecule is CCCCCC1CCC(c2ccc(CCl)cc2)CC1. The van der Waals surface area contributed by atoms with E-state index in [1.54, 1.807) is 0 Å². The maximum atomic E-state index is 5.84. The summed E-state index contributed by atoms with van der Waals surface area (Å²) >= 11 is 5.84. The van der Waals surface area contributed by atoms with Gasteiger partial charge in [0.05, 0.1) is 0 Å². The molecule has 1 aliphatic rings. The summed E-state index contributed by atoms with van der Waals surface area (Å²) in [5.41, 5.74) is 2.76. The Balaban J connectivity index is 1.78. The number of rotatable bonds is 6. The van der Waals surface area contributed by atoms with E-state index >= 15 is 0 Å². The van der Waals surface area contributed by atoms with Crippen LogP contribution in [-0.4, -0.2) is 0 Å². The topological polar surface area (TPSA) is 0 Å². The van der Waals surface area contributed by atoms with Gasteiger partial charge in [0.1, 0.15) is 0 Å². The van der Waals surface area contributed by atoms with Gasteiger partial charge in [-0.3, -0.25) is 0 Å². The number of hydrogen-bond acceptors (Lipinski definition) is 0. The smallest absolute Gasteiger partial charge is 0.0474 e. The zero-order chi connectivity index (χ0) is 13.5. The summed E-state index contributed by atoms with van der Waals surface area (Å²) in [5.74, 6) is 2.43. The van der Waals surface area contributed by atoms with Gasteiger partial charge in [0.25, 0.3) is 0 Å². The van der Waals surface area contributed by atoms with E-state index in [2.05, 4.69) is 31.2 Å². The summed E-state index contributed by atoms with van der Waals surface area (Å²) in [7, 11) is 0. The largest absolute Gasteiger partial charge is 0.122 e. The Morgan fingerprint density at radius 2 is 1.68 bits per heavy atom. The van der Waals surface area contributed by atoms with Crippen LogP contribution >= 0.6 is 11.6 Å². The van der Waals surface area contributed by atoms with Crippen LogP contribution in [-0.2, 0) is 5.88 Å². The number of alkyl halides is 1. The lowest BCUT2D eigenvalue weighted by molar-refractivity contribution is 0.303. The minimum Gasteiger partial charge on any atom is -0.122 e. The molecule has 0 saturated heterocycles. The van der Waals surface area contributed by atoms with Crippen LogP contribution in [0.1, 0.15) is 75.3 Å². The standard InChI is InChI=1S/C18H27Cl/c1-2-3-4-5-15-6-10-17(11-7-15)18-12-8-16(14-19)9-13-18/h8-9,12-13,15,17H,2-7,10-11,14H2,1H3. The summed E-state index contributed by atoms with van der Waals surface area (Å²) in [4.78, 5) is 0. The second kappa shape index (κ2) is 7.94. The molecule has 0 unspecified atom stereocenters. The zero-order valence-corrected chi connectivity index (χ0v) is 13.0. The first kappa shape index (κ1) is 14.9. The molecule has 0 bridgehead atoms. The quantitative estimate of drug-likeness (QED) is 0.424. The minimum absolute atomic E-state index is 0.629. The number of hydrogen-bond donors (Lipinski definition) is 0. The average molecular weight is 279 g/mol. The van der Waals surface area contributed by atoms with E-state index in [-0.39, 0.29) is 0 Å². The van der Waals surface area contributed by atoms with E-state index in [0.717, 1.165) is 11.8 Å². The van der Waals surface area contributed by atoms with Gasteiger partial charge in [0.2, 0.25) is 0 Å². The summed E-state index contributed by atoms with van der Waals surface area (Å²) in [6, 6.07) is 8.96. The second-order valence-electron chi connectivity index (χ2n) is 6.09. The maximum absolute atomic E-state index is 5.84. The Bertz CT molecular complexity index is 346. The van der Waals surface area contributed by atoms with Gasteiger partial charge in [-0.15, -0.1) is 11.6 Å². The molecule has 0 spiro atoms. The van der Waals surface area contributed by atoms with Crippen LogP contribution in [0.2, 0.25) is 0 Å². The zero-order valence-electron chi connectivity index (χ0n) is 12.2. The van der Waals surface area contributed by atoms with Gasteiger partial charge in [-0.05, 0) is 48.6 Å². The lowest BCUT2D eigenvalue weighted by Crippen LogP contribution is -2.13. The van der Waals surface area contributed by atoms with Crippen LogP contribution in [0.5, 0.6) is 0 Å². The lowest BCUT2D eigenvalue weighted by Gasteiger charge is -2.29. The van der Waals surface area contributed by atoms with Crippen LogP contribution in [0.4, 0.5) is 0 Å². The molecule has 19 heavy (non-hydrogen) atoms. The fourth-order valence-corrected chi connectivity index (χ4v) is 3.52. The highest BCUT2D eigenvalue weighted by Crippen LogP contribution is 2.37. The summed E-state index contributed by atoms with van der Waals surface area (Å²) in [6.07, 6.45) is 11.3. The van der Waals surface area contributed by atoms with Crippen molar-refractivity contribution in [3.63, 3.8) is 0 Å². The lowest BCUT2D eigenvalue weighted by atomic mass is 9.77. The van der Waals surface area contributed by atoms with Gasteiger partial charge in [-0.25, -0.2) is 0 Å². The van der Waals surface area contributed by atoms with E-state index < -0.39 is 0 Å². The molecule has 1 heteroatoms. The first-order valence-corrected chi connectivity index (χ1v) is 8.51. The predicted octanol–water partition coefficient (Wildman–Crippen LogP) is 6.28. The molecular weight excluding hydrogens is 252 g/mol. The molecule has 1 fully saturated rings. The average Bonchev–Trinajstić information content (AvgIpc) is 2.48. The summed E-state index contributed by atoms with van der Waals surface area (Å²) in [6.45, 7) is 2.29. The monoisotopic (exact) mass is 278 g/mol. The molecule has 2 rings (SSSR count). The molecule has 1 aliphatic carbocycles. The second-order valence-corrected chi connectivity index (χ2v) is 6.36. The van der Waals surface area contributed by atoms with Crippen molar-refractivity contribution in [3.05, 3.63) is 35.4 Å². The van der Waals surface area contributed by atoms with Crippen molar-refractivity contribution in [1.82, 2.24) is 0 Å². The third-order valence-corrected chi connectivity index (χ3v) is 4.98. The van der Waals surface area contributed by atoms with Gasteiger partial charge < -0.3 is 0 Å². The molecule has 0 aliphatic heterocycles. The highest BCUT2D eigenvalue weighted by Gasteiger charge is 2.21. The molecule has 0 N–H and O–H groups in total. The molecule has 1 aromatic carbocycles. The third kappa shape index (κ3) is 4.53. The van der Waals surface area contributed by atoms with E-state index in [1.807, 2.05) is 0 Å². The maximum Gasteiger partial charge on any atom is 0.0474 e. The van der Waals surface area contributed by atoms with E-state index in [4.69, 9.17) is 11.6 Å². The first-order valence-electron chi connectivity index (χ1n) is 7.98. The van der Waals surface area contributed by atoms with Crippen LogP contribution < -0.4 is 0 Å². The van der Waals surface area contributed by atoms with Gasteiger partial charge >= 0.3 is 0 Å². The Labute approximate surface area is 123 Å².